The van der Waals surface area contributed by atoms with Gasteiger partial charge in [-0.05, 0) is 29.8 Å². The van der Waals surface area contributed by atoms with Gasteiger partial charge in [-0.2, -0.15) is 13.9 Å². The number of sulfonamides is 1. The predicted octanol–water partition coefficient (Wildman–Crippen LogP) is 2.39. The van der Waals surface area contributed by atoms with Gasteiger partial charge in [-0.15, -0.1) is 5.10 Å². The Labute approximate surface area is 198 Å². The Kier molecular flexibility index (Phi) is 7.43. The molecule has 186 valence electrons. The molecule has 0 aliphatic heterocycles. The third kappa shape index (κ3) is 6.23. The molecular weight excluding hydrogens is 486 g/mol. The van der Waals surface area contributed by atoms with Crippen LogP contribution in [0.1, 0.15) is 11.7 Å². The van der Waals surface area contributed by atoms with Crippen LogP contribution < -0.4 is 19.5 Å². The third-order valence-electron chi connectivity index (χ3n) is 4.89. The Hall–Kier alpha value is -3.75. The van der Waals surface area contributed by atoms with Crippen molar-refractivity contribution in [1.82, 2.24) is 25.7 Å². The maximum atomic E-state index is 12.4. The number of aliphatic hydroxyl groups excluding tert-OH is 1. The van der Waals surface area contributed by atoms with E-state index in [9.17, 15) is 22.3 Å². The van der Waals surface area contributed by atoms with Crippen LogP contribution in [-0.2, 0) is 10.0 Å². The van der Waals surface area contributed by atoms with Gasteiger partial charge in [0.2, 0.25) is 5.88 Å². The van der Waals surface area contributed by atoms with Crippen LogP contribution in [0, 0.1) is 0 Å². The number of hydrogen-bond acceptors (Lipinski definition) is 8. The number of nitrogens with one attached hydrogen (secondary N) is 4. The number of aromatic amines is 2. The molecule has 1 atom stereocenters. The largest absolute Gasteiger partial charge is 0.492 e. The van der Waals surface area contributed by atoms with Gasteiger partial charge in [0.15, 0.2) is 0 Å². The molecule has 11 nitrogen and oxygen atoms in total. The van der Waals surface area contributed by atoms with Gasteiger partial charge in [-0.3, -0.25) is 14.9 Å². The Balaban J connectivity index is 1.24. The van der Waals surface area contributed by atoms with E-state index in [0.29, 0.717) is 34.4 Å². The van der Waals surface area contributed by atoms with Crippen LogP contribution in [0.15, 0.2) is 59.8 Å². The number of halogens is 2. The zero-order valence-electron chi connectivity index (χ0n) is 18.1. The molecule has 0 bridgehead atoms. The fraction of sp³-hybridized carbons (Fsp3) is 0.238. The number of aliphatic hydroxyl groups is 1. The van der Waals surface area contributed by atoms with E-state index in [0.717, 1.165) is 0 Å². The van der Waals surface area contributed by atoms with Gasteiger partial charge >= 0.3 is 6.61 Å². The monoisotopic (exact) mass is 508 g/mol. The van der Waals surface area contributed by atoms with Crippen LogP contribution in [-0.4, -0.2) is 60.2 Å². The van der Waals surface area contributed by atoms with Gasteiger partial charge in [-0.25, -0.2) is 8.42 Å². The molecule has 2 aromatic carbocycles. The highest BCUT2D eigenvalue weighted by Gasteiger charge is 2.16. The average Bonchev–Trinajstić information content (AvgIpc) is 3.49. The van der Waals surface area contributed by atoms with Crippen LogP contribution in [0.3, 0.4) is 0 Å². The summed E-state index contributed by atoms with van der Waals surface area (Å²) >= 11 is 0. The Morgan fingerprint density at radius 1 is 1.17 bits per heavy atom. The molecule has 14 heteroatoms. The predicted molar refractivity (Wildman–Crippen MR) is 122 cm³/mol. The number of rotatable bonds is 12. The fourth-order valence-corrected chi connectivity index (χ4v) is 4.20. The van der Waals surface area contributed by atoms with Crippen LogP contribution in [0.2, 0.25) is 0 Å². The minimum absolute atomic E-state index is 0.00118. The Bertz CT molecular complexity index is 1360. The molecule has 2 heterocycles. The first-order valence-corrected chi connectivity index (χ1v) is 11.9. The molecule has 0 amide bonds. The molecule has 0 fully saturated rings. The molecule has 0 saturated carbocycles. The van der Waals surface area contributed by atoms with E-state index in [-0.39, 0.29) is 23.9 Å². The number of anilines is 1. The lowest BCUT2D eigenvalue weighted by atomic mass is 10.1. The number of hydrogen-bond donors (Lipinski definition) is 5. The molecule has 0 saturated heterocycles. The van der Waals surface area contributed by atoms with Crippen molar-refractivity contribution in [3.05, 3.63) is 60.4 Å². The first kappa shape index (κ1) is 24.4. The van der Waals surface area contributed by atoms with E-state index in [2.05, 4.69) is 35.2 Å². The van der Waals surface area contributed by atoms with Gasteiger partial charge in [0.1, 0.15) is 17.3 Å². The lowest BCUT2D eigenvalue weighted by molar-refractivity contribution is -0.0518. The third-order valence-corrected chi connectivity index (χ3v) is 6.24. The van der Waals surface area contributed by atoms with Gasteiger partial charge < -0.3 is 19.9 Å². The van der Waals surface area contributed by atoms with Gasteiger partial charge in [-0.1, -0.05) is 12.1 Å². The lowest BCUT2D eigenvalue weighted by Gasteiger charge is -2.14. The zero-order valence-corrected chi connectivity index (χ0v) is 18.9. The first-order valence-electron chi connectivity index (χ1n) is 10.4. The standard InChI is InChI=1S/C21H22F2N6O5S/c22-21(23)34-20-17-5-4-15(9-18(17)27-28-20)33-7-6-24-12-19(30)13-2-1-3-14(8-13)29-35(31,32)16-10-25-26-11-16/h1-5,8-11,19,21,24,29-30H,6-7,12H2,(H,25,26)(H,27,28)/t19-/m0/s1. The molecular formula is C21H22F2N6O5S. The van der Waals surface area contributed by atoms with Crippen molar-refractivity contribution in [3.63, 3.8) is 0 Å². The van der Waals surface area contributed by atoms with E-state index >= 15 is 0 Å². The highest BCUT2D eigenvalue weighted by molar-refractivity contribution is 7.92. The maximum absolute atomic E-state index is 12.4. The smallest absolute Gasteiger partial charge is 0.388 e. The quantitative estimate of drug-likeness (QED) is 0.183. The van der Waals surface area contributed by atoms with E-state index in [1.165, 1.54) is 12.4 Å². The second kappa shape index (κ2) is 10.7. The SMILES string of the molecule is O=S(=O)(Nc1cccc([C@@H](O)CNCCOc2ccc3c(OC(F)F)n[nH]c3c2)c1)c1cn[nH]c1. The highest BCUT2D eigenvalue weighted by atomic mass is 32.2. The van der Waals surface area contributed by atoms with Crippen molar-refractivity contribution in [2.45, 2.75) is 17.6 Å². The van der Waals surface area contributed by atoms with Gasteiger partial charge in [0.25, 0.3) is 10.0 Å². The summed E-state index contributed by atoms with van der Waals surface area (Å²) in [7, 11) is -3.79. The molecule has 5 N–H and O–H groups in total. The average molecular weight is 509 g/mol. The minimum atomic E-state index is -3.79. The number of nitrogens with zero attached hydrogens (tertiary/aromatic N) is 2. The number of alkyl halides is 2. The molecule has 0 spiro atoms. The summed E-state index contributed by atoms with van der Waals surface area (Å²) in [6.45, 7) is -2.08. The normalized spacial score (nSPS) is 12.7. The second-order valence-corrected chi connectivity index (χ2v) is 9.03. The van der Waals surface area contributed by atoms with Crippen molar-refractivity contribution >= 4 is 26.6 Å². The number of H-pyrrole nitrogens is 2. The van der Waals surface area contributed by atoms with E-state index < -0.39 is 22.7 Å². The summed E-state index contributed by atoms with van der Waals surface area (Å²) in [5.74, 6) is 0.320. The molecule has 0 radical (unpaired) electrons. The van der Waals surface area contributed by atoms with Crippen molar-refractivity contribution < 1.29 is 31.8 Å². The van der Waals surface area contributed by atoms with Crippen LogP contribution >= 0.6 is 0 Å². The minimum Gasteiger partial charge on any atom is -0.492 e. The van der Waals surface area contributed by atoms with Crippen LogP contribution in [0.4, 0.5) is 14.5 Å². The van der Waals surface area contributed by atoms with Crippen LogP contribution in [0.5, 0.6) is 11.6 Å². The number of fused-ring (bicyclic) bond motifs is 1. The van der Waals surface area contributed by atoms with E-state index in [1.54, 1.807) is 42.5 Å². The molecule has 4 rings (SSSR count). The molecule has 2 aromatic heterocycles. The number of ether oxygens (including phenoxy) is 2. The van der Waals surface area contributed by atoms with Crippen molar-refractivity contribution in [2.24, 2.45) is 0 Å². The van der Waals surface area contributed by atoms with Gasteiger partial charge in [0, 0.05) is 31.0 Å². The molecule has 35 heavy (non-hydrogen) atoms. The molecule has 0 aliphatic carbocycles. The number of aromatic nitrogens is 4. The summed E-state index contributed by atoms with van der Waals surface area (Å²) in [5.41, 5.74) is 1.32. The van der Waals surface area contributed by atoms with Crippen molar-refractivity contribution in [3.8, 4) is 11.6 Å². The van der Waals surface area contributed by atoms with Crippen LogP contribution in [0.25, 0.3) is 10.9 Å². The maximum Gasteiger partial charge on any atom is 0.388 e. The number of benzene rings is 2. The Morgan fingerprint density at radius 3 is 2.80 bits per heavy atom. The zero-order chi connectivity index (χ0) is 24.8. The second-order valence-electron chi connectivity index (χ2n) is 7.35. The lowest BCUT2D eigenvalue weighted by Crippen LogP contribution is -2.26. The first-order chi connectivity index (χ1) is 16.8. The van der Waals surface area contributed by atoms with E-state index in [4.69, 9.17) is 4.74 Å². The van der Waals surface area contributed by atoms with Gasteiger partial charge in [0.05, 0.1) is 23.2 Å². The summed E-state index contributed by atoms with van der Waals surface area (Å²) in [5, 5.41) is 26.3. The fourth-order valence-electron chi connectivity index (χ4n) is 3.24. The van der Waals surface area contributed by atoms with Crippen molar-refractivity contribution in [1.29, 1.82) is 0 Å². The highest BCUT2D eigenvalue weighted by Crippen LogP contribution is 2.27. The summed E-state index contributed by atoms with van der Waals surface area (Å²) in [6.07, 6.45) is 1.57. The summed E-state index contributed by atoms with van der Waals surface area (Å²) in [6, 6.07) is 11.2. The molecule has 4 aromatic rings. The molecule has 0 unspecified atom stereocenters. The molecule has 0 aliphatic rings. The van der Waals surface area contributed by atoms with Crippen molar-refractivity contribution in [2.75, 3.05) is 24.4 Å². The van der Waals surface area contributed by atoms with E-state index in [1.807, 2.05) is 0 Å². The Morgan fingerprint density at radius 2 is 2.03 bits per heavy atom. The summed E-state index contributed by atoms with van der Waals surface area (Å²) in [4.78, 5) is -0.00118. The topological polar surface area (TPSA) is 154 Å². The summed E-state index contributed by atoms with van der Waals surface area (Å²) < 4.78 is 61.8.